The van der Waals surface area contributed by atoms with Crippen LogP contribution in [0.5, 0.6) is 0 Å². The van der Waals surface area contributed by atoms with Gasteiger partial charge in [-0.1, -0.05) is 18.6 Å². The summed E-state index contributed by atoms with van der Waals surface area (Å²) in [5, 5.41) is 3.11. The van der Waals surface area contributed by atoms with Crippen molar-refractivity contribution < 1.29 is 35.9 Å². The molecule has 3 aliphatic heterocycles. The summed E-state index contributed by atoms with van der Waals surface area (Å²) in [6.45, 7) is 4.16. The van der Waals surface area contributed by atoms with E-state index < -0.39 is 32.8 Å². The Morgan fingerprint density at radius 1 is 0.893 bits per heavy atom. The van der Waals surface area contributed by atoms with Gasteiger partial charge in [0.1, 0.15) is 11.6 Å². The third kappa shape index (κ3) is 7.89. The molecule has 10 nitrogen and oxygen atoms in total. The van der Waals surface area contributed by atoms with E-state index in [0.29, 0.717) is 18.7 Å². The number of hydrogen-bond acceptors (Lipinski definition) is 8. The number of halogens is 3. The van der Waals surface area contributed by atoms with Gasteiger partial charge in [-0.3, -0.25) is 9.69 Å². The molecule has 0 bridgehead atoms. The van der Waals surface area contributed by atoms with E-state index in [1.165, 1.54) is 54.5 Å². The summed E-state index contributed by atoms with van der Waals surface area (Å²) in [4.78, 5) is 32.0. The van der Waals surface area contributed by atoms with Crippen LogP contribution in [-0.2, 0) is 20.0 Å². The zero-order valence-corrected chi connectivity index (χ0v) is 33.2. The van der Waals surface area contributed by atoms with Crippen molar-refractivity contribution in [3.63, 3.8) is 0 Å². The Hall–Kier alpha value is -4.14. The number of benzene rings is 3. The fourth-order valence-electron chi connectivity index (χ4n) is 9.73. The van der Waals surface area contributed by atoms with Gasteiger partial charge in [-0.2, -0.15) is 0 Å². The van der Waals surface area contributed by atoms with Crippen LogP contribution in [0.15, 0.2) is 76.5 Å². The highest BCUT2D eigenvalue weighted by Gasteiger charge is 2.54. The molecular weight excluding hydrogens is 744 g/mol. The summed E-state index contributed by atoms with van der Waals surface area (Å²) in [7, 11) is 0.506. The van der Waals surface area contributed by atoms with Crippen molar-refractivity contribution in [1.29, 1.82) is 0 Å². The van der Waals surface area contributed by atoms with Gasteiger partial charge in [0.25, 0.3) is 5.91 Å². The Morgan fingerprint density at radius 3 is 2.20 bits per heavy atom. The maximum absolute atomic E-state index is 16.3. The Bertz CT molecular complexity index is 2020. The molecular formula is C42H52F3N5O5S. The number of alkyl halides is 1. The summed E-state index contributed by atoms with van der Waals surface area (Å²) in [5.41, 5.74) is -0.575. The largest absolute Gasteiger partial charge is 0.453 e. The normalized spacial score (nSPS) is 22.8. The summed E-state index contributed by atoms with van der Waals surface area (Å²) < 4.78 is 78.4. The summed E-state index contributed by atoms with van der Waals surface area (Å²) in [5.74, 6) is -1.06. The Morgan fingerprint density at radius 2 is 1.59 bits per heavy atom. The van der Waals surface area contributed by atoms with Gasteiger partial charge in [-0.25, -0.2) is 26.4 Å². The lowest BCUT2D eigenvalue weighted by molar-refractivity contribution is 0.00575. The molecule has 4 aliphatic rings. The van der Waals surface area contributed by atoms with Gasteiger partial charge in [0.05, 0.1) is 35.7 Å². The monoisotopic (exact) mass is 795 g/mol. The molecule has 3 saturated heterocycles. The second-order valence-electron chi connectivity index (χ2n) is 16.4. The van der Waals surface area contributed by atoms with Crippen LogP contribution >= 0.6 is 0 Å². The van der Waals surface area contributed by atoms with Crippen molar-refractivity contribution >= 4 is 27.5 Å². The van der Waals surface area contributed by atoms with Crippen LogP contribution < -0.4 is 10.2 Å². The molecule has 3 aromatic carbocycles. The minimum Gasteiger partial charge on any atom is -0.453 e. The van der Waals surface area contributed by atoms with E-state index in [0.717, 1.165) is 69.8 Å². The highest BCUT2D eigenvalue weighted by Crippen LogP contribution is 2.52. The second-order valence-corrected chi connectivity index (χ2v) is 18.3. The van der Waals surface area contributed by atoms with E-state index in [-0.39, 0.29) is 64.7 Å². The van der Waals surface area contributed by atoms with Gasteiger partial charge in [0.2, 0.25) is 9.84 Å². The van der Waals surface area contributed by atoms with Crippen molar-refractivity contribution in [2.75, 3.05) is 78.5 Å². The molecule has 1 N–H and O–H groups in total. The predicted octanol–water partition coefficient (Wildman–Crippen LogP) is 5.91. The van der Waals surface area contributed by atoms with Crippen molar-refractivity contribution in [1.82, 2.24) is 20.0 Å². The van der Waals surface area contributed by atoms with Crippen LogP contribution in [0.3, 0.4) is 0 Å². The zero-order chi connectivity index (χ0) is 39.8. The molecule has 3 heterocycles. The van der Waals surface area contributed by atoms with E-state index in [1.807, 2.05) is 6.07 Å². The highest BCUT2D eigenvalue weighted by atomic mass is 32.2. The highest BCUT2D eigenvalue weighted by molar-refractivity contribution is 7.91. The van der Waals surface area contributed by atoms with E-state index in [2.05, 4.69) is 15.1 Å². The van der Waals surface area contributed by atoms with Crippen LogP contribution in [0, 0.1) is 23.5 Å². The number of sulfone groups is 1. The number of likely N-dealkylation sites (tertiary alicyclic amines) is 2. The number of rotatable bonds is 12. The summed E-state index contributed by atoms with van der Waals surface area (Å²) >= 11 is 0. The van der Waals surface area contributed by atoms with Crippen molar-refractivity contribution in [2.24, 2.45) is 11.8 Å². The molecule has 1 saturated carbocycles. The molecule has 302 valence electrons. The smallest absolute Gasteiger partial charge is 0.407 e. The second kappa shape index (κ2) is 16.0. The molecule has 2 amide bonds. The first-order valence-electron chi connectivity index (χ1n) is 19.6. The first-order chi connectivity index (χ1) is 26.7. The SMILES string of the molecule is COC(=O)N[C@H]1CCC[C@@H]1C(CN1CCC1)(c1cccc(F)c1)C1CCN(CC2(F)CN(c3ccc(S(=O)(=O)c4ccc(C(=O)N(C)C)cc4)cc3F)C2)CC1. The minimum atomic E-state index is -4.06. The average molecular weight is 796 g/mol. The quantitative estimate of drug-likeness (QED) is 0.242. The molecule has 3 atom stereocenters. The van der Waals surface area contributed by atoms with Gasteiger partial charge in [-0.15, -0.1) is 0 Å². The fourth-order valence-corrected chi connectivity index (χ4v) is 11.0. The Labute approximate surface area is 327 Å². The number of nitrogens with zero attached hydrogens (tertiary/aromatic N) is 4. The lowest BCUT2D eigenvalue weighted by Crippen LogP contribution is -2.65. The number of piperidine rings is 1. The lowest BCUT2D eigenvalue weighted by Gasteiger charge is -2.54. The lowest BCUT2D eigenvalue weighted by atomic mass is 9.57. The fraction of sp³-hybridized carbons (Fsp3) is 0.524. The molecule has 14 heteroatoms. The minimum absolute atomic E-state index is 0.0253. The summed E-state index contributed by atoms with van der Waals surface area (Å²) in [6, 6.07) is 16.0. The number of carbonyl (C=O) groups excluding carboxylic acids is 2. The maximum atomic E-state index is 16.3. The Balaban J connectivity index is 1.02. The number of methoxy groups -OCH3 is 1. The predicted molar refractivity (Wildman–Crippen MR) is 207 cm³/mol. The first kappa shape index (κ1) is 40.1. The standard InChI is InChI=1S/C42H52F3N5O5S/c1-47(2)39(51)29-11-13-33(14-12-29)56(53,54)34-15-16-38(36(44)24-34)50-26-41(45,27-50)25-49-21-17-30(18-22-49)42(28-48-19-6-20-48,31-7-4-8-32(43)23-31)35-9-5-10-37(35)46-40(52)55-3/h4,7-8,11-16,23-24,30,35,37H,5-6,9-10,17-22,25-28H2,1-3H3,(H,46,52)/t35-,37-,42?/m0/s1. The third-order valence-electron chi connectivity index (χ3n) is 12.6. The number of carbonyl (C=O) groups is 2. The number of nitrogens with one attached hydrogen (secondary N) is 1. The van der Waals surface area contributed by atoms with Crippen LogP contribution in [0.2, 0.25) is 0 Å². The number of alkyl carbamates (subject to hydrolysis) is 1. The van der Waals surface area contributed by atoms with Gasteiger partial charge >= 0.3 is 6.09 Å². The number of hydrogen-bond donors (Lipinski definition) is 1. The van der Waals surface area contributed by atoms with E-state index in [4.69, 9.17) is 4.74 Å². The van der Waals surface area contributed by atoms with E-state index >= 15 is 8.78 Å². The molecule has 56 heavy (non-hydrogen) atoms. The first-order valence-corrected chi connectivity index (χ1v) is 21.1. The number of ether oxygens (including phenoxy) is 1. The maximum Gasteiger partial charge on any atom is 0.407 e. The topological polar surface area (TPSA) is 102 Å². The van der Waals surface area contributed by atoms with Gasteiger partial charge in [0, 0.05) is 44.2 Å². The number of anilines is 1. The molecule has 0 radical (unpaired) electrons. The van der Waals surface area contributed by atoms with Crippen LogP contribution in [0.1, 0.15) is 54.4 Å². The average Bonchev–Trinajstić information content (AvgIpc) is 3.61. The van der Waals surface area contributed by atoms with E-state index in [9.17, 15) is 22.4 Å². The third-order valence-corrected chi connectivity index (χ3v) is 14.4. The van der Waals surface area contributed by atoms with Gasteiger partial charge in [-0.05, 0) is 130 Å². The van der Waals surface area contributed by atoms with Crippen LogP contribution in [0.4, 0.5) is 23.7 Å². The molecule has 3 aromatic rings. The van der Waals surface area contributed by atoms with Crippen molar-refractivity contribution in [3.05, 3.63) is 89.5 Å². The van der Waals surface area contributed by atoms with Crippen LogP contribution in [0.25, 0.3) is 0 Å². The van der Waals surface area contributed by atoms with E-state index in [1.54, 1.807) is 31.1 Å². The molecule has 7 rings (SSSR count). The molecule has 1 aliphatic carbocycles. The van der Waals surface area contributed by atoms with Crippen molar-refractivity contribution in [2.45, 2.75) is 65.4 Å². The number of amides is 2. The van der Waals surface area contributed by atoms with Gasteiger partial charge < -0.3 is 24.8 Å². The van der Waals surface area contributed by atoms with Crippen LogP contribution in [-0.4, -0.2) is 120 Å². The Kier molecular flexibility index (Phi) is 11.5. The van der Waals surface area contributed by atoms with Gasteiger partial charge in [0.15, 0.2) is 5.67 Å². The molecule has 0 aromatic heterocycles. The summed E-state index contributed by atoms with van der Waals surface area (Å²) in [6.07, 6.45) is 4.89. The zero-order valence-electron chi connectivity index (χ0n) is 32.4. The molecule has 1 unspecified atom stereocenters. The molecule has 0 spiro atoms. The van der Waals surface area contributed by atoms with Crippen molar-refractivity contribution in [3.8, 4) is 0 Å². The molecule has 4 fully saturated rings.